The van der Waals surface area contributed by atoms with E-state index in [1.165, 1.54) is 6.42 Å². The molecule has 1 aromatic rings. The molecule has 0 aromatic heterocycles. The van der Waals surface area contributed by atoms with Gasteiger partial charge in [0.1, 0.15) is 0 Å². The summed E-state index contributed by atoms with van der Waals surface area (Å²) in [7, 11) is 1.96. The molecule has 1 N–H and O–H groups in total. The molecule has 21 heavy (non-hydrogen) atoms. The molecule has 1 amide bonds. The normalized spacial score (nSPS) is 18.2. The summed E-state index contributed by atoms with van der Waals surface area (Å²) in [5.74, 6) is 0.604. The SMILES string of the molecule is CNCC1CCCN(C(=O)c2cc(SC)ccc2Cl)C1.Cl. The number of thioether (sulfide) groups is 1. The lowest BCUT2D eigenvalue weighted by molar-refractivity contribution is 0.0674. The van der Waals surface area contributed by atoms with Gasteiger partial charge >= 0.3 is 0 Å². The first-order chi connectivity index (χ1) is 9.65. The van der Waals surface area contributed by atoms with Gasteiger partial charge in [0.25, 0.3) is 5.91 Å². The monoisotopic (exact) mass is 348 g/mol. The second kappa shape index (κ2) is 8.89. The van der Waals surface area contributed by atoms with Crippen molar-refractivity contribution in [3.63, 3.8) is 0 Å². The van der Waals surface area contributed by atoms with Crippen molar-refractivity contribution in [2.45, 2.75) is 17.7 Å². The van der Waals surface area contributed by atoms with E-state index in [1.54, 1.807) is 11.8 Å². The van der Waals surface area contributed by atoms with Crippen LogP contribution in [-0.2, 0) is 0 Å². The summed E-state index contributed by atoms with van der Waals surface area (Å²) in [4.78, 5) is 15.7. The highest BCUT2D eigenvalue weighted by atomic mass is 35.5. The Morgan fingerprint density at radius 2 is 2.29 bits per heavy atom. The van der Waals surface area contributed by atoms with Crippen LogP contribution in [0.25, 0.3) is 0 Å². The average Bonchev–Trinajstić information content (AvgIpc) is 2.48. The Morgan fingerprint density at radius 3 is 2.95 bits per heavy atom. The van der Waals surface area contributed by atoms with E-state index in [2.05, 4.69) is 5.32 Å². The van der Waals surface area contributed by atoms with Gasteiger partial charge in [0, 0.05) is 18.0 Å². The van der Waals surface area contributed by atoms with Crippen LogP contribution in [-0.4, -0.2) is 43.7 Å². The Bertz CT molecular complexity index is 483. The zero-order chi connectivity index (χ0) is 14.5. The highest BCUT2D eigenvalue weighted by molar-refractivity contribution is 7.98. The molecular formula is C15H22Cl2N2OS. The fraction of sp³-hybridized carbons (Fsp3) is 0.533. The number of hydrogen-bond acceptors (Lipinski definition) is 3. The highest BCUT2D eigenvalue weighted by Crippen LogP contribution is 2.26. The van der Waals surface area contributed by atoms with Crippen molar-refractivity contribution in [2.24, 2.45) is 5.92 Å². The van der Waals surface area contributed by atoms with E-state index in [9.17, 15) is 4.79 Å². The van der Waals surface area contributed by atoms with Gasteiger partial charge < -0.3 is 10.2 Å². The molecule has 1 atom stereocenters. The van der Waals surface area contributed by atoms with E-state index in [0.29, 0.717) is 16.5 Å². The summed E-state index contributed by atoms with van der Waals surface area (Å²) < 4.78 is 0. The van der Waals surface area contributed by atoms with Gasteiger partial charge in [0.2, 0.25) is 0 Å². The molecule has 1 aromatic carbocycles. The van der Waals surface area contributed by atoms with Crippen LogP contribution >= 0.6 is 35.8 Å². The Morgan fingerprint density at radius 1 is 1.52 bits per heavy atom. The largest absolute Gasteiger partial charge is 0.338 e. The number of halogens is 2. The molecule has 1 unspecified atom stereocenters. The molecule has 1 aliphatic heterocycles. The van der Waals surface area contributed by atoms with Gasteiger partial charge in [-0.05, 0) is 56.8 Å². The lowest BCUT2D eigenvalue weighted by atomic mass is 9.97. The van der Waals surface area contributed by atoms with Crippen LogP contribution in [0.15, 0.2) is 23.1 Å². The fourth-order valence-electron chi connectivity index (χ4n) is 2.67. The second-order valence-corrected chi connectivity index (χ2v) is 6.45. The van der Waals surface area contributed by atoms with E-state index < -0.39 is 0 Å². The van der Waals surface area contributed by atoms with Crippen molar-refractivity contribution < 1.29 is 4.79 Å². The minimum atomic E-state index is 0. The van der Waals surface area contributed by atoms with Crippen LogP contribution < -0.4 is 5.32 Å². The molecule has 2 rings (SSSR count). The Balaban J connectivity index is 0.00000220. The molecule has 1 aliphatic rings. The van der Waals surface area contributed by atoms with Crippen molar-refractivity contribution in [3.05, 3.63) is 28.8 Å². The van der Waals surface area contributed by atoms with Crippen molar-refractivity contribution in [1.82, 2.24) is 10.2 Å². The van der Waals surface area contributed by atoms with Gasteiger partial charge in [-0.2, -0.15) is 0 Å². The topological polar surface area (TPSA) is 32.3 Å². The molecule has 0 aliphatic carbocycles. The molecule has 1 heterocycles. The summed E-state index contributed by atoms with van der Waals surface area (Å²) in [6.45, 7) is 2.61. The van der Waals surface area contributed by atoms with Crippen LogP contribution in [0.2, 0.25) is 5.02 Å². The van der Waals surface area contributed by atoms with Crippen LogP contribution in [0.4, 0.5) is 0 Å². The number of piperidine rings is 1. The number of amides is 1. The van der Waals surface area contributed by atoms with Crippen LogP contribution in [0, 0.1) is 5.92 Å². The van der Waals surface area contributed by atoms with Gasteiger partial charge in [-0.15, -0.1) is 24.2 Å². The van der Waals surface area contributed by atoms with Crippen molar-refractivity contribution in [1.29, 1.82) is 0 Å². The molecule has 118 valence electrons. The quantitative estimate of drug-likeness (QED) is 0.844. The molecule has 3 nitrogen and oxygen atoms in total. The van der Waals surface area contributed by atoms with Crippen LogP contribution in [0.1, 0.15) is 23.2 Å². The fourth-order valence-corrected chi connectivity index (χ4v) is 3.31. The number of benzene rings is 1. The van der Waals surface area contributed by atoms with Gasteiger partial charge in [-0.1, -0.05) is 11.6 Å². The Kier molecular flexibility index (Phi) is 7.88. The molecule has 1 fully saturated rings. The number of nitrogens with zero attached hydrogens (tertiary/aromatic N) is 1. The standard InChI is InChI=1S/C15H21ClN2OS.ClH/c1-17-9-11-4-3-7-18(10-11)15(19)13-8-12(20-2)5-6-14(13)16;/h5-6,8,11,17H,3-4,7,9-10H2,1-2H3;1H. The molecular weight excluding hydrogens is 327 g/mol. The number of rotatable bonds is 4. The van der Waals surface area contributed by atoms with Gasteiger partial charge in [-0.3, -0.25) is 4.79 Å². The third-order valence-electron chi connectivity index (χ3n) is 3.70. The Hall–Kier alpha value is -0.420. The van der Waals surface area contributed by atoms with Crippen molar-refractivity contribution in [2.75, 3.05) is 32.9 Å². The lowest BCUT2D eigenvalue weighted by Gasteiger charge is -2.33. The summed E-state index contributed by atoms with van der Waals surface area (Å²) in [5.41, 5.74) is 0.628. The number of carbonyl (C=O) groups excluding carboxylic acids is 1. The van der Waals surface area contributed by atoms with Gasteiger partial charge in [-0.25, -0.2) is 0 Å². The maximum atomic E-state index is 12.7. The Labute approximate surface area is 142 Å². The third-order valence-corrected chi connectivity index (χ3v) is 4.76. The zero-order valence-corrected chi connectivity index (χ0v) is 14.8. The molecule has 6 heteroatoms. The predicted octanol–water partition coefficient (Wildman–Crippen LogP) is 3.56. The number of likely N-dealkylation sites (tertiary alicyclic amines) is 1. The number of nitrogens with one attached hydrogen (secondary N) is 1. The molecule has 1 saturated heterocycles. The summed E-state index contributed by atoms with van der Waals surface area (Å²) in [6.07, 6.45) is 4.25. The lowest BCUT2D eigenvalue weighted by Crippen LogP contribution is -2.42. The second-order valence-electron chi connectivity index (χ2n) is 5.16. The highest BCUT2D eigenvalue weighted by Gasteiger charge is 2.25. The van der Waals surface area contributed by atoms with E-state index in [0.717, 1.165) is 31.0 Å². The molecule has 0 saturated carbocycles. The third kappa shape index (κ3) is 4.78. The smallest absolute Gasteiger partial charge is 0.255 e. The maximum Gasteiger partial charge on any atom is 0.255 e. The minimum absolute atomic E-state index is 0. The van der Waals surface area contributed by atoms with E-state index in [4.69, 9.17) is 11.6 Å². The maximum absolute atomic E-state index is 12.7. The van der Waals surface area contributed by atoms with E-state index in [-0.39, 0.29) is 18.3 Å². The molecule has 0 bridgehead atoms. The average molecular weight is 349 g/mol. The molecule has 0 spiro atoms. The van der Waals surface area contributed by atoms with Crippen LogP contribution in [0.5, 0.6) is 0 Å². The summed E-state index contributed by atoms with van der Waals surface area (Å²) in [5, 5.41) is 3.74. The first kappa shape index (κ1) is 18.6. The van der Waals surface area contributed by atoms with Crippen LogP contribution in [0.3, 0.4) is 0 Å². The van der Waals surface area contributed by atoms with Gasteiger partial charge in [0.15, 0.2) is 0 Å². The first-order valence-electron chi connectivity index (χ1n) is 6.93. The van der Waals surface area contributed by atoms with Crippen molar-refractivity contribution in [3.8, 4) is 0 Å². The number of hydrogen-bond donors (Lipinski definition) is 1. The van der Waals surface area contributed by atoms with Gasteiger partial charge in [0.05, 0.1) is 10.6 Å². The molecule has 0 radical (unpaired) electrons. The van der Waals surface area contributed by atoms with Crippen molar-refractivity contribution >= 4 is 41.7 Å². The minimum Gasteiger partial charge on any atom is -0.338 e. The summed E-state index contributed by atoms with van der Waals surface area (Å²) >= 11 is 7.82. The van der Waals surface area contributed by atoms with E-state index >= 15 is 0 Å². The number of carbonyl (C=O) groups is 1. The first-order valence-corrected chi connectivity index (χ1v) is 8.53. The zero-order valence-electron chi connectivity index (χ0n) is 12.4. The van der Waals surface area contributed by atoms with E-state index in [1.807, 2.05) is 36.4 Å². The predicted molar refractivity (Wildman–Crippen MR) is 93.0 cm³/mol. The summed E-state index contributed by atoms with van der Waals surface area (Å²) in [6, 6.07) is 5.66.